The summed E-state index contributed by atoms with van der Waals surface area (Å²) in [6, 6.07) is 6.26. The zero-order valence-corrected chi connectivity index (χ0v) is 13.4. The van der Waals surface area contributed by atoms with Crippen LogP contribution in [0.3, 0.4) is 0 Å². The number of nitrogens with one attached hydrogen (secondary N) is 1. The molecule has 1 fully saturated rings. The number of hydrogen-bond acceptors (Lipinski definition) is 4. The third kappa shape index (κ3) is 2.62. The van der Waals surface area contributed by atoms with Crippen LogP contribution < -0.4 is 4.74 Å². The fraction of sp³-hybridized carbons (Fsp3) is 0.400. The molecule has 118 valence electrons. The largest absolute Gasteiger partial charge is 0.497 e. The molecule has 0 amide bonds. The standard InChI is InChI=1S/C15H19N3O3S/c1-11-10-16-15(17-11)14-4-3-9-18(14)22(19,20)13-7-5-12(21-2)6-8-13/h5-8,10,14H,3-4,9H2,1-2H3,(H,16,17). The van der Waals surface area contributed by atoms with Crippen molar-refractivity contribution in [2.75, 3.05) is 13.7 Å². The topological polar surface area (TPSA) is 75.3 Å². The summed E-state index contributed by atoms with van der Waals surface area (Å²) >= 11 is 0. The molecule has 0 spiro atoms. The van der Waals surface area contributed by atoms with Crippen molar-refractivity contribution >= 4 is 10.0 Å². The second kappa shape index (κ2) is 5.73. The first-order valence-corrected chi connectivity index (χ1v) is 8.64. The van der Waals surface area contributed by atoms with E-state index in [9.17, 15) is 8.42 Å². The minimum atomic E-state index is -3.53. The summed E-state index contributed by atoms with van der Waals surface area (Å²) in [5.41, 5.74) is 0.934. The maximum atomic E-state index is 12.9. The molecular weight excluding hydrogens is 302 g/mol. The summed E-state index contributed by atoms with van der Waals surface area (Å²) in [4.78, 5) is 7.73. The Labute approximate surface area is 130 Å². The molecule has 6 nitrogen and oxygen atoms in total. The zero-order chi connectivity index (χ0) is 15.7. The highest BCUT2D eigenvalue weighted by Gasteiger charge is 2.37. The highest BCUT2D eigenvalue weighted by atomic mass is 32.2. The number of methoxy groups -OCH3 is 1. The van der Waals surface area contributed by atoms with Crippen molar-refractivity contribution < 1.29 is 13.2 Å². The first-order chi connectivity index (χ1) is 10.5. The number of rotatable bonds is 4. The van der Waals surface area contributed by atoms with Crippen LogP contribution in [-0.2, 0) is 10.0 Å². The van der Waals surface area contributed by atoms with E-state index in [2.05, 4.69) is 9.97 Å². The van der Waals surface area contributed by atoms with E-state index in [0.29, 0.717) is 18.1 Å². The van der Waals surface area contributed by atoms with Gasteiger partial charge in [0.05, 0.1) is 18.0 Å². The number of H-pyrrole nitrogens is 1. The number of imidazole rings is 1. The van der Waals surface area contributed by atoms with Crippen molar-refractivity contribution in [1.82, 2.24) is 14.3 Å². The van der Waals surface area contributed by atoms with Crippen molar-refractivity contribution in [3.05, 3.63) is 42.0 Å². The third-order valence-corrected chi connectivity index (χ3v) is 5.83. The van der Waals surface area contributed by atoms with Gasteiger partial charge in [0.1, 0.15) is 11.6 Å². The van der Waals surface area contributed by atoms with E-state index in [4.69, 9.17) is 4.74 Å². The summed E-state index contributed by atoms with van der Waals surface area (Å²) in [5.74, 6) is 1.35. The fourth-order valence-electron chi connectivity index (χ4n) is 2.79. The molecule has 0 bridgehead atoms. The highest BCUT2D eigenvalue weighted by molar-refractivity contribution is 7.89. The molecule has 1 atom stereocenters. The van der Waals surface area contributed by atoms with E-state index in [0.717, 1.165) is 18.5 Å². The van der Waals surface area contributed by atoms with Crippen molar-refractivity contribution in [3.63, 3.8) is 0 Å². The molecule has 0 radical (unpaired) electrons. The van der Waals surface area contributed by atoms with E-state index in [-0.39, 0.29) is 10.9 Å². The molecule has 1 aliphatic heterocycles. The Kier molecular flexibility index (Phi) is 3.92. The van der Waals surface area contributed by atoms with Crippen LogP contribution in [0.25, 0.3) is 0 Å². The normalized spacial score (nSPS) is 19.5. The quantitative estimate of drug-likeness (QED) is 0.937. The molecule has 1 unspecified atom stereocenters. The van der Waals surface area contributed by atoms with Crippen LogP contribution in [0.1, 0.15) is 30.4 Å². The van der Waals surface area contributed by atoms with Gasteiger partial charge in [0.15, 0.2) is 0 Å². The number of nitrogens with zero attached hydrogens (tertiary/aromatic N) is 2. The summed E-state index contributed by atoms with van der Waals surface area (Å²) in [6.45, 7) is 2.42. The molecular formula is C15H19N3O3S. The van der Waals surface area contributed by atoms with Crippen molar-refractivity contribution in [2.45, 2.75) is 30.7 Å². The van der Waals surface area contributed by atoms with E-state index < -0.39 is 10.0 Å². The minimum absolute atomic E-state index is 0.221. The lowest BCUT2D eigenvalue weighted by molar-refractivity contribution is 0.384. The molecule has 3 rings (SSSR count). The Morgan fingerprint density at radius 2 is 2.05 bits per heavy atom. The molecule has 2 heterocycles. The monoisotopic (exact) mass is 321 g/mol. The number of hydrogen-bond donors (Lipinski definition) is 1. The van der Waals surface area contributed by atoms with Gasteiger partial charge in [0.2, 0.25) is 10.0 Å². The van der Waals surface area contributed by atoms with Crippen LogP contribution in [0.5, 0.6) is 5.75 Å². The van der Waals surface area contributed by atoms with Gasteiger partial charge in [-0.1, -0.05) is 0 Å². The molecule has 1 N–H and O–H groups in total. The lowest BCUT2D eigenvalue weighted by atomic mass is 10.2. The van der Waals surface area contributed by atoms with Crippen LogP contribution in [0.4, 0.5) is 0 Å². The predicted molar refractivity (Wildman–Crippen MR) is 82.2 cm³/mol. The maximum absolute atomic E-state index is 12.9. The molecule has 0 saturated carbocycles. The number of ether oxygens (including phenoxy) is 1. The summed E-state index contributed by atoms with van der Waals surface area (Å²) in [5, 5.41) is 0. The maximum Gasteiger partial charge on any atom is 0.243 e. The molecule has 1 aromatic carbocycles. The molecule has 0 aliphatic carbocycles. The van der Waals surface area contributed by atoms with Crippen molar-refractivity contribution in [2.24, 2.45) is 0 Å². The second-order valence-corrected chi connectivity index (χ2v) is 7.29. The Hall–Kier alpha value is -1.86. The van der Waals surface area contributed by atoms with E-state index >= 15 is 0 Å². The Bertz CT molecular complexity index is 753. The lowest BCUT2D eigenvalue weighted by Crippen LogP contribution is -2.31. The smallest absolute Gasteiger partial charge is 0.243 e. The van der Waals surface area contributed by atoms with E-state index in [1.165, 1.54) is 4.31 Å². The van der Waals surface area contributed by atoms with Gasteiger partial charge in [-0.15, -0.1) is 0 Å². The number of benzene rings is 1. The zero-order valence-electron chi connectivity index (χ0n) is 12.6. The van der Waals surface area contributed by atoms with Gasteiger partial charge in [-0.25, -0.2) is 13.4 Å². The van der Waals surface area contributed by atoms with Gasteiger partial charge in [-0.2, -0.15) is 4.31 Å². The van der Waals surface area contributed by atoms with Gasteiger partial charge >= 0.3 is 0 Å². The number of sulfonamides is 1. The molecule has 1 aliphatic rings. The minimum Gasteiger partial charge on any atom is -0.497 e. The Morgan fingerprint density at radius 1 is 1.32 bits per heavy atom. The molecule has 1 aromatic heterocycles. The fourth-order valence-corrected chi connectivity index (χ4v) is 4.45. The van der Waals surface area contributed by atoms with Gasteiger partial charge in [0, 0.05) is 18.4 Å². The number of aromatic amines is 1. The van der Waals surface area contributed by atoms with Crippen LogP contribution in [-0.4, -0.2) is 36.3 Å². The SMILES string of the molecule is COc1ccc(S(=O)(=O)N2CCCC2c2ncc(C)[nH]2)cc1. The second-order valence-electron chi connectivity index (χ2n) is 5.40. The van der Waals surface area contributed by atoms with Gasteiger partial charge in [-0.05, 0) is 44.0 Å². The van der Waals surface area contributed by atoms with E-state index in [1.807, 2.05) is 6.92 Å². The van der Waals surface area contributed by atoms with Gasteiger partial charge in [-0.3, -0.25) is 0 Å². The summed E-state index contributed by atoms with van der Waals surface area (Å²) in [6.07, 6.45) is 3.34. The van der Waals surface area contributed by atoms with Crippen LogP contribution >= 0.6 is 0 Å². The third-order valence-electron chi connectivity index (χ3n) is 3.91. The Balaban J connectivity index is 1.93. The summed E-state index contributed by atoms with van der Waals surface area (Å²) in [7, 11) is -1.98. The van der Waals surface area contributed by atoms with Crippen LogP contribution in [0.15, 0.2) is 35.4 Å². The molecule has 2 aromatic rings. The highest BCUT2D eigenvalue weighted by Crippen LogP contribution is 2.35. The summed E-state index contributed by atoms with van der Waals surface area (Å²) < 4.78 is 32.3. The van der Waals surface area contributed by atoms with Crippen molar-refractivity contribution in [1.29, 1.82) is 0 Å². The molecule has 7 heteroatoms. The van der Waals surface area contributed by atoms with E-state index in [1.54, 1.807) is 37.6 Å². The average Bonchev–Trinajstić information content (AvgIpc) is 3.16. The van der Waals surface area contributed by atoms with Gasteiger partial charge < -0.3 is 9.72 Å². The van der Waals surface area contributed by atoms with Crippen molar-refractivity contribution in [3.8, 4) is 5.75 Å². The number of aromatic nitrogens is 2. The van der Waals surface area contributed by atoms with Crippen LogP contribution in [0.2, 0.25) is 0 Å². The average molecular weight is 321 g/mol. The van der Waals surface area contributed by atoms with Crippen LogP contribution in [0, 0.1) is 6.92 Å². The molecule has 1 saturated heterocycles. The lowest BCUT2D eigenvalue weighted by Gasteiger charge is -2.22. The number of aryl methyl sites for hydroxylation is 1. The van der Waals surface area contributed by atoms with Gasteiger partial charge in [0.25, 0.3) is 0 Å². The first-order valence-electron chi connectivity index (χ1n) is 7.20. The predicted octanol–water partition coefficient (Wildman–Crippen LogP) is 2.25. The first kappa shape index (κ1) is 15.1. The molecule has 22 heavy (non-hydrogen) atoms. The Morgan fingerprint density at radius 3 is 2.64 bits per heavy atom.